The van der Waals surface area contributed by atoms with Gasteiger partial charge in [0.2, 0.25) is 0 Å². The summed E-state index contributed by atoms with van der Waals surface area (Å²) >= 11 is 5.79. The molecule has 19 heavy (non-hydrogen) atoms. The summed E-state index contributed by atoms with van der Waals surface area (Å²) in [6, 6.07) is 10.4. The highest BCUT2D eigenvalue weighted by atomic mass is 35.5. The molecule has 2 aromatic rings. The number of nitrogens with two attached hydrogens (primary N) is 1. The maximum Gasteiger partial charge on any atom is 0.162 e. The fourth-order valence-electron chi connectivity index (χ4n) is 1.64. The number of hydrogen-bond donors (Lipinski definition) is 1. The molecule has 2 rings (SSSR count). The van der Waals surface area contributed by atoms with E-state index in [4.69, 9.17) is 22.1 Å². The van der Waals surface area contributed by atoms with Gasteiger partial charge in [-0.25, -0.2) is 8.78 Å². The van der Waals surface area contributed by atoms with Crippen LogP contribution in [0.5, 0.6) is 5.75 Å². The van der Waals surface area contributed by atoms with Crippen molar-refractivity contribution in [1.82, 2.24) is 0 Å². The van der Waals surface area contributed by atoms with E-state index in [9.17, 15) is 8.78 Å². The summed E-state index contributed by atoms with van der Waals surface area (Å²) in [5.74, 6) is -1.64. The van der Waals surface area contributed by atoms with Crippen LogP contribution in [0, 0.1) is 11.6 Å². The lowest BCUT2D eigenvalue weighted by Gasteiger charge is -2.18. The molecule has 0 heterocycles. The molecule has 1 atom stereocenters. The largest absolute Gasteiger partial charge is 0.484 e. The molecule has 0 saturated carbocycles. The fraction of sp³-hybridized carbons (Fsp3) is 0.143. The molecule has 100 valence electrons. The van der Waals surface area contributed by atoms with Gasteiger partial charge in [0.15, 0.2) is 11.6 Å². The van der Waals surface area contributed by atoms with Crippen LogP contribution in [0.4, 0.5) is 8.78 Å². The monoisotopic (exact) mass is 283 g/mol. The second kappa shape index (κ2) is 5.99. The molecule has 0 aliphatic carbocycles. The molecule has 0 radical (unpaired) electrons. The Morgan fingerprint density at radius 3 is 2.32 bits per heavy atom. The fourth-order valence-corrected chi connectivity index (χ4v) is 1.77. The number of benzene rings is 2. The van der Waals surface area contributed by atoms with E-state index in [1.807, 2.05) is 0 Å². The van der Waals surface area contributed by atoms with Gasteiger partial charge in [-0.1, -0.05) is 23.7 Å². The maximum absolute atomic E-state index is 13.1. The van der Waals surface area contributed by atoms with Crippen molar-refractivity contribution in [2.24, 2.45) is 5.73 Å². The summed E-state index contributed by atoms with van der Waals surface area (Å²) in [7, 11) is 0. The molecule has 1 unspecified atom stereocenters. The van der Waals surface area contributed by atoms with Crippen LogP contribution < -0.4 is 10.5 Å². The standard InChI is InChI=1S/C14H12ClF2NO/c15-10-3-1-9(2-4-10)14(8-18)19-11-5-6-12(16)13(17)7-11/h1-7,14H,8,18H2. The molecule has 2 N–H and O–H groups in total. The Hall–Kier alpha value is -1.65. The van der Waals surface area contributed by atoms with Crippen molar-refractivity contribution in [2.75, 3.05) is 6.54 Å². The minimum absolute atomic E-state index is 0.209. The Kier molecular flexibility index (Phi) is 4.35. The first-order valence-corrected chi connectivity index (χ1v) is 6.05. The van der Waals surface area contributed by atoms with E-state index in [1.54, 1.807) is 24.3 Å². The summed E-state index contributed by atoms with van der Waals surface area (Å²) in [6.07, 6.45) is -0.442. The van der Waals surface area contributed by atoms with Crippen LogP contribution in [0.1, 0.15) is 11.7 Å². The number of hydrogen-bond acceptors (Lipinski definition) is 2. The summed E-state index contributed by atoms with van der Waals surface area (Å²) in [5, 5.41) is 0.604. The van der Waals surface area contributed by atoms with Crippen LogP contribution in [0.3, 0.4) is 0 Å². The first kappa shape index (κ1) is 13.8. The summed E-state index contributed by atoms with van der Waals surface area (Å²) in [6.45, 7) is 0.209. The van der Waals surface area contributed by atoms with Gasteiger partial charge < -0.3 is 10.5 Å². The van der Waals surface area contributed by atoms with E-state index in [0.717, 1.165) is 17.7 Å². The van der Waals surface area contributed by atoms with Crippen LogP contribution in [-0.2, 0) is 0 Å². The van der Waals surface area contributed by atoms with Crippen molar-refractivity contribution >= 4 is 11.6 Å². The predicted octanol–water partition coefficient (Wildman–Crippen LogP) is 3.70. The molecule has 0 bridgehead atoms. The van der Waals surface area contributed by atoms with E-state index in [-0.39, 0.29) is 12.3 Å². The van der Waals surface area contributed by atoms with Gasteiger partial charge in [-0.15, -0.1) is 0 Å². The van der Waals surface area contributed by atoms with Crippen molar-refractivity contribution in [3.63, 3.8) is 0 Å². The molecule has 5 heteroatoms. The molecule has 0 saturated heterocycles. The first-order chi connectivity index (χ1) is 9.10. The molecular weight excluding hydrogens is 272 g/mol. The van der Waals surface area contributed by atoms with Crippen LogP contribution in [0.2, 0.25) is 5.02 Å². The zero-order valence-corrected chi connectivity index (χ0v) is 10.7. The van der Waals surface area contributed by atoms with Crippen LogP contribution in [-0.4, -0.2) is 6.54 Å². The lowest BCUT2D eigenvalue weighted by molar-refractivity contribution is 0.213. The van der Waals surface area contributed by atoms with E-state index in [1.165, 1.54) is 6.07 Å². The number of halogens is 3. The lowest BCUT2D eigenvalue weighted by atomic mass is 10.1. The van der Waals surface area contributed by atoms with Crippen molar-refractivity contribution < 1.29 is 13.5 Å². The Labute approximate surface area is 114 Å². The van der Waals surface area contributed by atoms with E-state index in [2.05, 4.69) is 0 Å². The molecule has 0 aliphatic heterocycles. The molecule has 2 nitrogen and oxygen atoms in total. The molecule has 0 fully saturated rings. The average Bonchev–Trinajstić information content (AvgIpc) is 2.41. The minimum atomic E-state index is -0.954. The lowest BCUT2D eigenvalue weighted by Crippen LogP contribution is -2.18. The topological polar surface area (TPSA) is 35.2 Å². The maximum atomic E-state index is 13.1. The van der Waals surface area contributed by atoms with Crippen LogP contribution in [0.15, 0.2) is 42.5 Å². The Bertz CT molecular complexity index is 560. The Balaban J connectivity index is 2.18. The third-order valence-electron chi connectivity index (χ3n) is 2.63. The first-order valence-electron chi connectivity index (χ1n) is 5.67. The SMILES string of the molecule is NCC(Oc1ccc(F)c(F)c1)c1ccc(Cl)cc1. The van der Waals surface area contributed by atoms with Crippen molar-refractivity contribution in [3.05, 3.63) is 64.7 Å². The minimum Gasteiger partial charge on any atom is -0.484 e. The van der Waals surface area contributed by atoms with E-state index in [0.29, 0.717) is 5.02 Å². The highest BCUT2D eigenvalue weighted by Gasteiger charge is 2.12. The second-order valence-corrected chi connectivity index (χ2v) is 4.41. The number of rotatable bonds is 4. The molecule has 2 aromatic carbocycles. The van der Waals surface area contributed by atoms with Crippen molar-refractivity contribution in [3.8, 4) is 5.75 Å². The summed E-state index contributed by atoms with van der Waals surface area (Å²) < 4.78 is 31.5. The van der Waals surface area contributed by atoms with Gasteiger partial charge >= 0.3 is 0 Å². The third-order valence-corrected chi connectivity index (χ3v) is 2.88. The zero-order chi connectivity index (χ0) is 13.8. The van der Waals surface area contributed by atoms with Crippen LogP contribution in [0.25, 0.3) is 0 Å². The normalized spacial score (nSPS) is 12.2. The van der Waals surface area contributed by atoms with Crippen LogP contribution >= 0.6 is 11.6 Å². The summed E-state index contributed by atoms with van der Waals surface area (Å²) in [5.41, 5.74) is 6.45. The molecule has 0 aliphatic rings. The summed E-state index contributed by atoms with van der Waals surface area (Å²) in [4.78, 5) is 0. The molecule has 0 spiro atoms. The van der Waals surface area contributed by atoms with Gasteiger partial charge in [-0.05, 0) is 29.8 Å². The zero-order valence-electron chi connectivity index (χ0n) is 9.95. The van der Waals surface area contributed by atoms with Gasteiger partial charge in [0, 0.05) is 17.6 Å². The quantitative estimate of drug-likeness (QED) is 0.929. The van der Waals surface area contributed by atoms with Crippen molar-refractivity contribution in [1.29, 1.82) is 0 Å². The van der Waals surface area contributed by atoms with Gasteiger partial charge in [0.1, 0.15) is 11.9 Å². The molecule has 0 aromatic heterocycles. The van der Waals surface area contributed by atoms with Gasteiger partial charge in [0.05, 0.1) is 0 Å². The number of ether oxygens (including phenoxy) is 1. The van der Waals surface area contributed by atoms with Gasteiger partial charge in [-0.2, -0.15) is 0 Å². The average molecular weight is 284 g/mol. The Morgan fingerprint density at radius 1 is 1.05 bits per heavy atom. The van der Waals surface area contributed by atoms with E-state index < -0.39 is 17.7 Å². The van der Waals surface area contributed by atoms with Crippen molar-refractivity contribution in [2.45, 2.75) is 6.10 Å². The smallest absolute Gasteiger partial charge is 0.162 e. The third kappa shape index (κ3) is 3.43. The van der Waals surface area contributed by atoms with E-state index >= 15 is 0 Å². The highest BCUT2D eigenvalue weighted by molar-refractivity contribution is 6.30. The second-order valence-electron chi connectivity index (χ2n) is 3.97. The predicted molar refractivity (Wildman–Crippen MR) is 70.2 cm³/mol. The Morgan fingerprint density at radius 2 is 1.74 bits per heavy atom. The highest BCUT2D eigenvalue weighted by Crippen LogP contribution is 2.24. The van der Waals surface area contributed by atoms with Gasteiger partial charge in [-0.3, -0.25) is 0 Å². The van der Waals surface area contributed by atoms with Gasteiger partial charge in [0.25, 0.3) is 0 Å². The molecule has 0 amide bonds. The molecular formula is C14H12ClF2NO.